The van der Waals surface area contributed by atoms with E-state index in [1.165, 1.54) is 35.2 Å². The van der Waals surface area contributed by atoms with Crippen LogP contribution in [0.1, 0.15) is 68.9 Å². The van der Waals surface area contributed by atoms with Gasteiger partial charge >= 0.3 is 0 Å². The number of aliphatic hydroxyl groups is 1. The van der Waals surface area contributed by atoms with Gasteiger partial charge in [0.25, 0.3) is 11.8 Å². The molecule has 5 N–H and O–H groups in total. The van der Waals surface area contributed by atoms with Gasteiger partial charge in [-0.2, -0.15) is 0 Å². The Balaban J connectivity index is 1.93. The van der Waals surface area contributed by atoms with Crippen LogP contribution in [-0.2, 0) is 13.0 Å². The molecule has 0 unspecified atom stereocenters. The van der Waals surface area contributed by atoms with Gasteiger partial charge in [0.05, 0.1) is 6.10 Å². The average Bonchev–Trinajstić information content (AvgIpc) is 2.97. The smallest absolute Gasteiger partial charge is 0.254 e. The van der Waals surface area contributed by atoms with E-state index >= 15 is 0 Å². The molecule has 3 aromatic carbocycles. The topological polar surface area (TPSA) is 130 Å². The summed E-state index contributed by atoms with van der Waals surface area (Å²) < 4.78 is 13.3. The summed E-state index contributed by atoms with van der Waals surface area (Å²) in [6.45, 7) is 5.06. The van der Waals surface area contributed by atoms with Crippen LogP contribution in [0.4, 0.5) is 4.39 Å². The molecule has 0 radical (unpaired) electrons. The number of halogens is 1. The number of rotatable bonds is 14. The van der Waals surface area contributed by atoms with E-state index in [0.29, 0.717) is 13.1 Å². The summed E-state index contributed by atoms with van der Waals surface area (Å²) in [6.07, 6.45) is 0.676. The molecule has 8 nitrogen and oxygen atoms in total. The van der Waals surface area contributed by atoms with Gasteiger partial charge < -0.3 is 26.4 Å². The number of hydrogen-bond acceptors (Lipinski definition) is 5. The normalized spacial score (nSPS) is 12.4. The number of hydrogen-bond donors (Lipinski definition) is 3. The van der Waals surface area contributed by atoms with Crippen molar-refractivity contribution in [1.29, 1.82) is 0 Å². The zero-order chi connectivity index (χ0) is 29.9. The summed E-state index contributed by atoms with van der Waals surface area (Å²) in [4.78, 5) is 42.6. The molecule has 0 aliphatic rings. The Morgan fingerprint density at radius 1 is 0.805 bits per heavy atom. The Bertz CT molecular complexity index is 1310. The highest BCUT2D eigenvalue weighted by molar-refractivity contribution is 6.04. The zero-order valence-corrected chi connectivity index (χ0v) is 23.6. The third-order valence-electron chi connectivity index (χ3n) is 6.78. The molecule has 0 aromatic heterocycles. The van der Waals surface area contributed by atoms with Crippen molar-refractivity contribution >= 4 is 17.7 Å². The maximum Gasteiger partial charge on any atom is 0.254 e. The van der Waals surface area contributed by atoms with Gasteiger partial charge in [0.1, 0.15) is 5.82 Å². The molecule has 0 saturated heterocycles. The van der Waals surface area contributed by atoms with Crippen LogP contribution >= 0.6 is 0 Å². The summed E-state index contributed by atoms with van der Waals surface area (Å²) in [5.41, 5.74) is 13.8. The standard InChI is InChI=1S/C32H39FN4O4/c1-3-14-36(15-4-2)31(40)25-17-24(30(35)39)18-26(19-25)32(41)37(20-23-8-6-5-7-9-23)21-29(38)28(34)16-22-10-12-27(33)13-11-22/h5-13,17-19,28-29,38H,3-4,14-16,20-21,34H2,1-2H3,(H2,35,39)/t28-,29+/m0/s1. The van der Waals surface area contributed by atoms with Crippen molar-refractivity contribution in [3.63, 3.8) is 0 Å². The minimum atomic E-state index is -1.11. The Labute approximate surface area is 240 Å². The molecule has 0 aliphatic carbocycles. The number of aliphatic hydroxyl groups excluding tert-OH is 1. The highest BCUT2D eigenvalue weighted by Crippen LogP contribution is 2.18. The molecule has 0 heterocycles. The van der Waals surface area contributed by atoms with Crippen molar-refractivity contribution in [1.82, 2.24) is 9.80 Å². The Morgan fingerprint density at radius 3 is 1.88 bits per heavy atom. The van der Waals surface area contributed by atoms with Crippen LogP contribution < -0.4 is 11.5 Å². The van der Waals surface area contributed by atoms with Crippen LogP contribution in [0.2, 0.25) is 0 Å². The number of amides is 3. The number of benzene rings is 3. The van der Waals surface area contributed by atoms with Gasteiger partial charge in [-0.15, -0.1) is 0 Å². The molecule has 0 aliphatic heterocycles. The molecular weight excluding hydrogens is 523 g/mol. The van der Waals surface area contributed by atoms with Crippen molar-refractivity contribution < 1.29 is 23.9 Å². The first-order valence-corrected chi connectivity index (χ1v) is 13.9. The molecule has 3 aromatic rings. The molecule has 2 atom stereocenters. The maximum absolute atomic E-state index is 13.9. The van der Waals surface area contributed by atoms with Gasteiger partial charge in [-0.05, 0) is 60.7 Å². The maximum atomic E-state index is 13.9. The van der Waals surface area contributed by atoms with Gasteiger partial charge in [0.15, 0.2) is 0 Å². The van der Waals surface area contributed by atoms with Crippen LogP contribution in [-0.4, -0.2) is 64.4 Å². The summed E-state index contributed by atoms with van der Waals surface area (Å²) in [5, 5.41) is 11.0. The minimum absolute atomic E-state index is 0.0420. The number of carbonyl (C=O) groups excluding carboxylic acids is 3. The predicted octanol–water partition coefficient (Wildman–Crippen LogP) is 3.76. The summed E-state index contributed by atoms with van der Waals surface area (Å²) in [7, 11) is 0. The Morgan fingerprint density at radius 2 is 1.34 bits per heavy atom. The number of nitrogens with zero attached hydrogens (tertiary/aromatic N) is 2. The van der Waals surface area contributed by atoms with Crippen molar-refractivity contribution in [2.24, 2.45) is 11.5 Å². The fourth-order valence-corrected chi connectivity index (χ4v) is 4.65. The number of carbonyl (C=O) groups is 3. The summed E-state index contributed by atoms with van der Waals surface area (Å²) in [6, 6.07) is 18.6. The third-order valence-corrected chi connectivity index (χ3v) is 6.78. The third kappa shape index (κ3) is 8.96. The van der Waals surface area contributed by atoms with Crippen LogP contribution in [0.25, 0.3) is 0 Å². The molecule has 0 bridgehead atoms. The average molecular weight is 563 g/mol. The fraction of sp³-hybridized carbons (Fsp3) is 0.344. The zero-order valence-electron chi connectivity index (χ0n) is 23.6. The van der Waals surface area contributed by atoms with Crippen LogP contribution in [0.3, 0.4) is 0 Å². The first-order valence-electron chi connectivity index (χ1n) is 13.9. The molecule has 3 amide bonds. The van der Waals surface area contributed by atoms with Crippen LogP contribution in [0.5, 0.6) is 0 Å². The second kappa shape index (κ2) is 15.1. The SMILES string of the molecule is CCCN(CCC)C(=O)c1cc(C(N)=O)cc(C(=O)N(Cc2ccccc2)C[C@@H](O)[C@@H](N)Cc2ccc(F)cc2)c1. The largest absolute Gasteiger partial charge is 0.390 e. The molecule has 3 rings (SSSR count). The second-order valence-electron chi connectivity index (χ2n) is 10.2. The van der Waals surface area contributed by atoms with Crippen molar-refractivity contribution in [2.45, 2.75) is 51.8 Å². The lowest BCUT2D eigenvalue weighted by molar-refractivity contribution is 0.0554. The highest BCUT2D eigenvalue weighted by Gasteiger charge is 2.26. The van der Waals surface area contributed by atoms with E-state index in [9.17, 15) is 23.9 Å². The Kier molecular flexibility index (Phi) is 11.6. The molecule has 9 heteroatoms. The van der Waals surface area contributed by atoms with E-state index in [2.05, 4.69) is 0 Å². The van der Waals surface area contributed by atoms with Crippen molar-refractivity contribution in [3.8, 4) is 0 Å². The van der Waals surface area contributed by atoms with Crippen molar-refractivity contribution in [3.05, 3.63) is 106 Å². The molecule has 0 fully saturated rings. The lowest BCUT2D eigenvalue weighted by Gasteiger charge is -2.29. The van der Waals surface area contributed by atoms with Crippen LogP contribution in [0, 0.1) is 5.82 Å². The lowest BCUT2D eigenvalue weighted by atomic mass is 10.00. The molecule has 218 valence electrons. The summed E-state index contributed by atoms with van der Waals surface area (Å²) in [5.74, 6) is -1.91. The van der Waals surface area contributed by atoms with Gasteiger partial charge in [0, 0.05) is 48.9 Å². The molecular formula is C32H39FN4O4. The fourth-order valence-electron chi connectivity index (χ4n) is 4.65. The summed E-state index contributed by atoms with van der Waals surface area (Å²) >= 11 is 0. The Hall–Kier alpha value is -4.08. The van der Waals surface area contributed by atoms with E-state index in [1.807, 2.05) is 44.2 Å². The predicted molar refractivity (Wildman–Crippen MR) is 157 cm³/mol. The number of nitrogens with two attached hydrogens (primary N) is 2. The molecule has 0 spiro atoms. The van der Waals surface area contributed by atoms with Gasteiger partial charge in [-0.3, -0.25) is 14.4 Å². The van der Waals surface area contributed by atoms with Crippen LogP contribution in [0.15, 0.2) is 72.8 Å². The monoisotopic (exact) mass is 562 g/mol. The van der Waals surface area contributed by atoms with E-state index in [0.717, 1.165) is 24.0 Å². The lowest BCUT2D eigenvalue weighted by Crippen LogP contribution is -2.46. The second-order valence-corrected chi connectivity index (χ2v) is 10.2. The highest BCUT2D eigenvalue weighted by atomic mass is 19.1. The van der Waals surface area contributed by atoms with Crippen molar-refractivity contribution in [2.75, 3.05) is 19.6 Å². The first kappa shape index (κ1) is 31.4. The molecule has 41 heavy (non-hydrogen) atoms. The van der Waals surface area contributed by atoms with Gasteiger partial charge in [0.2, 0.25) is 5.91 Å². The number of primary amides is 1. The van der Waals surface area contributed by atoms with Gasteiger partial charge in [-0.1, -0.05) is 56.3 Å². The van der Waals surface area contributed by atoms with E-state index in [1.54, 1.807) is 17.0 Å². The van der Waals surface area contributed by atoms with E-state index in [4.69, 9.17) is 11.5 Å². The first-order chi connectivity index (χ1) is 19.6. The minimum Gasteiger partial charge on any atom is -0.390 e. The quantitative estimate of drug-likeness (QED) is 0.276. The van der Waals surface area contributed by atoms with E-state index < -0.39 is 24.0 Å². The van der Waals surface area contributed by atoms with E-state index in [-0.39, 0.29) is 47.9 Å². The molecule has 0 saturated carbocycles. The van der Waals surface area contributed by atoms with Gasteiger partial charge in [-0.25, -0.2) is 4.39 Å².